The van der Waals surface area contributed by atoms with Crippen molar-refractivity contribution < 1.29 is 14.3 Å². The SMILES string of the molecule is O=C(OC(c1ccccc1)c1ccccc1)C1=CCCC2CC(=O)N12. The standard InChI is InChI=1S/C21H19NO3/c23-19-14-17-12-7-13-18(22(17)19)21(24)25-20(15-8-3-1-4-9-15)16-10-5-2-6-11-16/h1-6,8-11,13,17,20H,7,12,14H2. The number of esters is 1. The molecule has 0 aliphatic carbocycles. The fourth-order valence-corrected chi connectivity index (χ4v) is 3.49. The molecule has 0 N–H and O–H groups in total. The molecular formula is C21H19NO3. The Kier molecular flexibility index (Phi) is 4.10. The van der Waals surface area contributed by atoms with Gasteiger partial charge in [0.15, 0.2) is 6.10 Å². The van der Waals surface area contributed by atoms with Gasteiger partial charge in [-0.05, 0) is 24.0 Å². The summed E-state index contributed by atoms with van der Waals surface area (Å²) in [6.45, 7) is 0. The number of nitrogens with zero attached hydrogens (tertiary/aromatic N) is 1. The molecule has 1 amide bonds. The highest BCUT2D eigenvalue weighted by Crippen LogP contribution is 2.35. The average molecular weight is 333 g/mol. The highest BCUT2D eigenvalue weighted by Gasteiger charge is 2.43. The first-order chi connectivity index (χ1) is 12.2. The molecule has 2 aromatic carbocycles. The summed E-state index contributed by atoms with van der Waals surface area (Å²) < 4.78 is 5.86. The summed E-state index contributed by atoms with van der Waals surface area (Å²) in [5.41, 5.74) is 2.21. The third-order valence-electron chi connectivity index (χ3n) is 4.78. The van der Waals surface area contributed by atoms with Crippen LogP contribution < -0.4 is 0 Å². The van der Waals surface area contributed by atoms with Crippen molar-refractivity contribution in [2.45, 2.75) is 31.4 Å². The molecule has 0 saturated carbocycles. The van der Waals surface area contributed by atoms with Crippen LogP contribution in [0.5, 0.6) is 0 Å². The van der Waals surface area contributed by atoms with Gasteiger partial charge < -0.3 is 9.64 Å². The maximum absolute atomic E-state index is 12.8. The molecule has 1 fully saturated rings. The number of rotatable bonds is 4. The second kappa shape index (κ2) is 6.55. The number of carbonyl (C=O) groups excluding carboxylic acids is 2. The van der Waals surface area contributed by atoms with E-state index in [0.29, 0.717) is 12.1 Å². The molecule has 4 heteroatoms. The minimum absolute atomic E-state index is 0.00359. The number of allylic oxidation sites excluding steroid dienone is 1. The number of fused-ring (bicyclic) bond motifs is 1. The molecule has 126 valence electrons. The molecule has 4 nitrogen and oxygen atoms in total. The summed E-state index contributed by atoms with van der Waals surface area (Å²) in [5, 5.41) is 0. The van der Waals surface area contributed by atoms with Crippen molar-refractivity contribution >= 4 is 11.9 Å². The fourth-order valence-electron chi connectivity index (χ4n) is 3.49. The molecule has 1 saturated heterocycles. The van der Waals surface area contributed by atoms with Gasteiger partial charge in [0.25, 0.3) is 0 Å². The van der Waals surface area contributed by atoms with Gasteiger partial charge in [-0.3, -0.25) is 4.79 Å². The monoisotopic (exact) mass is 333 g/mol. The summed E-state index contributed by atoms with van der Waals surface area (Å²) in [6.07, 6.45) is 3.59. The predicted molar refractivity (Wildman–Crippen MR) is 93.4 cm³/mol. The first kappa shape index (κ1) is 15.6. The first-order valence-corrected chi connectivity index (χ1v) is 8.57. The second-order valence-electron chi connectivity index (χ2n) is 6.40. The van der Waals surface area contributed by atoms with Crippen LogP contribution in [-0.4, -0.2) is 22.8 Å². The maximum atomic E-state index is 12.8. The van der Waals surface area contributed by atoms with Crippen LogP contribution >= 0.6 is 0 Å². The van der Waals surface area contributed by atoms with E-state index in [0.717, 1.165) is 24.0 Å². The lowest BCUT2D eigenvalue weighted by Crippen LogP contribution is -2.54. The topological polar surface area (TPSA) is 46.6 Å². The molecule has 0 radical (unpaired) electrons. The molecule has 2 heterocycles. The van der Waals surface area contributed by atoms with E-state index in [2.05, 4.69) is 0 Å². The van der Waals surface area contributed by atoms with Gasteiger partial charge in [-0.1, -0.05) is 66.7 Å². The van der Waals surface area contributed by atoms with E-state index in [1.54, 1.807) is 4.90 Å². The summed E-state index contributed by atoms with van der Waals surface area (Å²) in [7, 11) is 0. The van der Waals surface area contributed by atoms with Crippen LogP contribution in [-0.2, 0) is 14.3 Å². The van der Waals surface area contributed by atoms with Gasteiger partial charge in [0, 0.05) is 12.5 Å². The molecule has 2 aliphatic rings. The number of ether oxygens (including phenoxy) is 1. The van der Waals surface area contributed by atoms with Gasteiger partial charge in [0.05, 0.1) is 0 Å². The summed E-state index contributed by atoms with van der Waals surface area (Å²) in [4.78, 5) is 26.3. The van der Waals surface area contributed by atoms with Gasteiger partial charge in [-0.15, -0.1) is 0 Å². The van der Waals surface area contributed by atoms with E-state index >= 15 is 0 Å². The van der Waals surface area contributed by atoms with Crippen molar-refractivity contribution in [2.75, 3.05) is 0 Å². The smallest absolute Gasteiger partial charge is 0.355 e. The zero-order chi connectivity index (χ0) is 17.2. The third-order valence-corrected chi connectivity index (χ3v) is 4.78. The van der Waals surface area contributed by atoms with Crippen LogP contribution in [0.25, 0.3) is 0 Å². The number of benzene rings is 2. The number of amides is 1. The van der Waals surface area contributed by atoms with E-state index in [1.807, 2.05) is 66.7 Å². The van der Waals surface area contributed by atoms with Crippen LogP contribution in [0, 0.1) is 0 Å². The van der Waals surface area contributed by atoms with E-state index < -0.39 is 12.1 Å². The maximum Gasteiger partial charge on any atom is 0.355 e. The minimum atomic E-state index is -0.493. The zero-order valence-electron chi connectivity index (χ0n) is 13.8. The first-order valence-electron chi connectivity index (χ1n) is 8.57. The lowest BCUT2D eigenvalue weighted by atomic mass is 9.91. The van der Waals surface area contributed by atoms with E-state index in [1.165, 1.54) is 0 Å². The Morgan fingerprint density at radius 3 is 2.16 bits per heavy atom. The van der Waals surface area contributed by atoms with Crippen LogP contribution in [0.2, 0.25) is 0 Å². The minimum Gasteiger partial charge on any atom is -0.448 e. The molecule has 1 atom stereocenters. The zero-order valence-corrected chi connectivity index (χ0v) is 13.8. The fraction of sp³-hybridized carbons (Fsp3) is 0.238. The number of carbonyl (C=O) groups is 2. The van der Waals surface area contributed by atoms with Crippen molar-refractivity contribution in [2.24, 2.45) is 0 Å². The number of hydrogen-bond donors (Lipinski definition) is 0. The molecule has 0 bridgehead atoms. The van der Waals surface area contributed by atoms with Crippen molar-refractivity contribution in [1.82, 2.24) is 4.90 Å². The Labute approximate surface area is 146 Å². The van der Waals surface area contributed by atoms with Crippen molar-refractivity contribution in [3.63, 3.8) is 0 Å². The molecule has 4 rings (SSSR count). The molecule has 0 spiro atoms. The molecule has 25 heavy (non-hydrogen) atoms. The van der Waals surface area contributed by atoms with Crippen LogP contribution in [0.4, 0.5) is 0 Å². The molecule has 2 aliphatic heterocycles. The van der Waals surface area contributed by atoms with E-state index in [4.69, 9.17) is 4.74 Å². The molecule has 1 unspecified atom stereocenters. The Morgan fingerprint density at radius 1 is 1.00 bits per heavy atom. The predicted octanol–water partition coefficient (Wildman–Crippen LogP) is 3.60. The van der Waals surface area contributed by atoms with Crippen LogP contribution in [0.15, 0.2) is 72.4 Å². The van der Waals surface area contributed by atoms with Gasteiger partial charge in [0.1, 0.15) is 5.70 Å². The van der Waals surface area contributed by atoms with Gasteiger partial charge >= 0.3 is 5.97 Å². The summed E-state index contributed by atoms with van der Waals surface area (Å²) in [5.74, 6) is -0.431. The molecule has 0 aromatic heterocycles. The highest BCUT2D eigenvalue weighted by molar-refractivity contribution is 5.97. The largest absolute Gasteiger partial charge is 0.448 e. The van der Waals surface area contributed by atoms with Crippen molar-refractivity contribution in [1.29, 1.82) is 0 Å². The Hall–Kier alpha value is -2.88. The highest BCUT2D eigenvalue weighted by atomic mass is 16.5. The van der Waals surface area contributed by atoms with Crippen LogP contribution in [0.3, 0.4) is 0 Å². The van der Waals surface area contributed by atoms with Crippen molar-refractivity contribution in [3.8, 4) is 0 Å². The molecule has 2 aromatic rings. The van der Waals surface area contributed by atoms with E-state index in [9.17, 15) is 9.59 Å². The van der Waals surface area contributed by atoms with Crippen molar-refractivity contribution in [3.05, 3.63) is 83.6 Å². The lowest BCUT2D eigenvalue weighted by Gasteiger charge is -2.43. The van der Waals surface area contributed by atoms with Gasteiger partial charge in [-0.25, -0.2) is 4.79 Å². The average Bonchev–Trinajstić information content (AvgIpc) is 2.66. The molecular weight excluding hydrogens is 314 g/mol. The second-order valence-corrected chi connectivity index (χ2v) is 6.40. The number of β-lactam (4-membered cyclic amide) rings is 1. The normalized spacial score (nSPS) is 19.1. The van der Waals surface area contributed by atoms with Gasteiger partial charge in [-0.2, -0.15) is 0 Å². The Balaban J connectivity index is 1.62. The lowest BCUT2D eigenvalue weighted by molar-refractivity contribution is -0.154. The quantitative estimate of drug-likeness (QED) is 0.634. The van der Waals surface area contributed by atoms with Gasteiger partial charge in [0.2, 0.25) is 5.91 Å². The summed E-state index contributed by atoms with van der Waals surface area (Å²) >= 11 is 0. The number of hydrogen-bond acceptors (Lipinski definition) is 3. The Morgan fingerprint density at radius 2 is 1.60 bits per heavy atom. The summed E-state index contributed by atoms with van der Waals surface area (Å²) in [6, 6.07) is 19.5. The third kappa shape index (κ3) is 2.95. The van der Waals surface area contributed by atoms with E-state index in [-0.39, 0.29) is 11.9 Å². The van der Waals surface area contributed by atoms with Crippen LogP contribution in [0.1, 0.15) is 36.5 Å². The Bertz CT molecular complexity index is 774.